The number of rotatable bonds is 8. The number of methoxy groups -OCH3 is 2. The van der Waals surface area contributed by atoms with E-state index in [4.69, 9.17) is 18.9 Å². The summed E-state index contributed by atoms with van der Waals surface area (Å²) in [4.78, 5) is 24.3. The van der Waals surface area contributed by atoms with Crippen LogP contribution in [0.5, 0.6) is 11.5 Å². The van der Waals surface area contributed by atoms with E-state index in [2.05, 4.69) is 12.7 Å². The summed E-state index contributed by atoms with van der Waals surface area (Å²) in [5.74, 6) is 0.517. The third-order valence-electron chi connectivity index (χ3n) is 3.68. The number of hydrogen-bond donors (Lipinski definition) is 0. The number of hydrogen-bond acceptors (Lipinski definition) is 6. The van der Waals surface area contributed by atoms with Gasteiger partial charge in [0.15, 0.2) is 0 Å². The van der Waals surface area contributed by atoms with E-state index in [1.807, 2.05) is 0 Å². The van der Waals surface area contributed by atoms with Crippen molar-refractivity contribution in [2.45, 2.75) is 13.8 Å². The number of carbonyl (C=O) groups is 2. The third-order valence-corrected chi connectivity index (χ3v) is 11.7. The number of esters is 2. The van der Waals surface area contributed by atoms with Crippen LogP contribution in [0.2, 0.25) is 0 Å². The molecule has 0 saturated heterocycles. The normalized spacial score (nSPS) is 10.8. The summed E-state index contributed by atoms with van der Waals surface area (Å²) in [6, 6.07) is 10.4. The average Bonchev–Trinajstić information content (AvgIpc) is 2.72. The molecular weight excluding hydrogens is 543 g/mol. The molecular formula is C20H22BrIO6. The molecule has 0 saturated carbocycles. The van der Waals surface area contributed by atoms with Crippen molar-refractivity contribution in [1.82, 2.24) is 0 Å². The fourth-order valence-corrected chi connectivity index (χ4v) is 9.10. The molecule has 28 heavy (non-hydrogen) atoms. The molecule has 0 atom stereocenters. The second-order valence-electron chi connectivity index (χ2n) is 5.38. The molecule has 0 radical (unpaired) electrons. The van der Waals surface area contributed by atoms with Gasteiger partial charge in [-0.2, -0.15) is 0 Å². The molecule has 0 aliphatic carbocycles. The first kappa shape index (κ1) is 22.5. The van der Waals surface area contributed by atoms with Crippen LogP contribution in [0.15, 0.2) is 36.4 Å². The van der Waals surface area contributed by atoms with Crippen LogP contribution in [-0.2, 0) is 9.47 Å². The van der Waals surface area contributed by atoms with Crippen molar-refractivity contribution in [2.75, 3.05) is 27.4 Å². The summed E-state index contributed by atoms with van der Waals surface area (Å²) < 4.78 is 22.9. The van der Waals surface area contributed by atoms with Crippen molar-refractivity contribution in [3.05, 3.63) is 54.7 Å². The minimum absolute atomic E-state index is 0.298. The maximum atomic E-state index is 12.1. The second-order valence-corrected chi connectivity index (χ2v) is 13.1. The molecule has 0 N–H and O–H groups in total. The van der Waals surface area contributed by atoms with Crippen LogP contribution in [0, 0.1) is 7.14 Å². The van der Waals surface area contributed by atoms with E-state index in [1.54, 1.807) is 64.5 Å². The quantitative estimate of drug-likeness (QED) is 0.335. The third kappa shape index (κ3) is 5.16. The fraction of sp³-hybridized carbons (Fsp3) is 0.300. The molecule has 0 amide bonds. The Labute approximate surface area is 177 Å². The molecule has 2 rings (SSSR count). The molecule has 8 heteroatoms. The number of halogens is 2. The maximum absolute atomic E-state index is 12.1. The van der Waals surface area contributed by atoms with Crippen LogP contribution in [0.4, 0.5) is 0 Å². The molecule has 2 aromatic carbocycles. The minimum atomic E-state index is -2.28. The van der Waals surface area contributed by atoms with Gasteiger partial charge in [-0.25, -0.2) is 0 Å². The monoisotopic (exact) mass is 564 g/mol. The van der Waals surface area contributed by atoms with Crippen molar-refractivity contribution >= 4 is 42.2 Å². The Hall–Kier alpha value is -1.81. The van der Waals surface area contributed by atoms with Crippen molar-refractivity contribution in [1.29, 1.82) is 0 Å². The van der Waals surface area contributed by atoms with Crippen LogP contribution < -0.4 is 9.47 Å². The van der Waals surface area contributed by atoms with Crippen LogP contribution >= 0.6 is 30.3 Å². The van der Waals surface area contributed by atoms with Gasteiger partial charge >= 0.3 is 178 Å². The standard InChI is InChI=1S/C20H22BrIO6/c1-5-27-19(23)13-7-9-17(25-3)15(11-13)22(21)16-12-14(20(24)28-6-2)8-10-18(16)26-4/h7-12H,5-6H2,1-4H3. The van der Waals surface area contributed by atoms with Crippen LogP contribution in [0.3, 0.4) is 0 Å². The van der Waals surface area contributed by atoms with Gasteiger partial charge in [-0.05, 0) is 0 Å². The molecule has 0 aliphatic rings. The first-order chi connectivity index (χ1) is 13.5. The molecule has 152 valence electrons. The van der Waals surface area contributed by atoms with Gasteiger partial charge in [-0.15, -0.1) is 0 Å². The van der Waals surface area contributed by atoms with Gasteiger partial charge in [0.05, 0.1) is 0 Å². The first-order valence-electron chi connectivity index (χ1n) is 8.53. The number of benzene rings is 2. The SMILES string of the molecule is CCOC(=O)c1ccc(OC)c(I(Br)c2cc(C(=O)OCC)ccc2OC)c1. The molecule has 6 nitrogen and oxygen atoms in total. The van der Waals surface area contributed by atoms with Crippen LogP contribution in [0.1, 0.15) is 34.6 Å². The predicted octanol–water partition coefficient (Wildman–Crippen LogP) is 4.91. The molecule has 0 aliphatic heterocycles. The van der Waals surface area contributed by atoms with Crippen molar-refractivity contribution in [3.63, 3.8) is 0 Å². The summed E-state index contributed by atoms with van der Waals surface area (Å²) in [5, 5.41) is 0. The van der Waals surface area contributed by atoms with Gasteiger partial charge in [0.25, 0.3) is 0 Å². The van der Waals surface area contributed by atoms with Crippen molar-refractivity contribution < 1.29 is 28.5 Å². The summed E-state index contributed by atoms with van der Waals surface area (Å²) >= 11 is 1.54. The Balaban J connectivity index is 2.53. The van der Waals surface area contributed by atoms with E-state index in [0.29, 0.717) is 35.8 Å². The molecule has 0 heterocycles. The van der Waals surface area contributed by atoms with Gasteiger partial charge in [-0.1, -0.05) is 0 Å². The molecule has 0 aromatic heterocycles. The van der Waals surface area contributed by atoms with Crippen LogP contribution in [0.25, 0.3) is 0 Å². The van der Waals surface area contributed by atoms with Crippen LogP contribution in [-0.4, -0.2) is 39.4 Å². The van der Waals surface area contributed by atoms with E-state index in [0.717, 1.165) is 7.14 Å². The summed E-state index contributed by atoms with van der Waals surface area (Å²) in [6.45, 7) is 4.12. The van der Waals surface area contributed by atoms with E-state index in [-0.39, 0.29) is 0 Å². The summed E-state index contributed by atoms with van der Waals surface area (Å²) in [7, 11) is 3.15. The van der Waals surface area contributed by atoms with Crippen molar-refractivity contribution in [3.8, 4) is 11.5 Å². The van der Waals surface area contributed by atoms with Gasteiger partial charge in [-0.3, -0.25) is 0 Å². The Morgan fingerprint density at radius 3 is 1.54 bits per heavy atom. The Bertz CT molecular complexity index is 785. The summed E-state index contributed by atoms with van der Waals surface area (Å²) in [5.41, 5.74) is 0.889. The Morgan fingerprint density at radius 2 is 1.21 bits per heavy atom. The Kier molecular flexibility index (Phi) is 8.56. The zero-order valence-electron chi connectivity index (χ0n) is 16.1. The average molecular weight is 565 g/mol. The van der Waals surface area contributed by atoms with Gasteiger partial charge in [0.2, 0.25) is 0 Å². The molecule has 2 aromatic rings. The number of ether oxygens (including phenoxy) is 4. The van der Waals surface area contributed by atoms with E-state index < -0.39 is 29.5 Å². The zero-order chi connectivity index (χ0) is 20.7. The number of carbonyl (C=O) groups excluding carboxylic acids is 2. The van der Waals surface area contributed by atoms with Gasteiger partial charge in [0, 0.05) is 0 Å². The van der Waals surface area contributed by atoms with Gasteiger partial charge < -0.3 is 0 Å². The van der Waals surface area contributed by atoms with Crippen molar-refractivity contribution in [2.24, 2.45) is 0 Å². The Morgan fingerprint density at radius 1 is 0.821 bits per heavy atom. The topological polar surface area (TPSA) is 71.1 Å². The first-order valence-corrected chi connectivity index (χ1v) is 15.5. The molecule has 0 bridgehead atoms. The van der Waals surface area contributed by atoms with E-state index >= 15 is 0 Å². The van der Waals surface area contributed by atoms with E-state index in [1.165, 1.54) is 0 Å². The molecule has 0 unspecified atom stereocenters. The zero-order valence-corrected chi connectivity index (χ0v) is 19.8. The fourth-order valence-electron chi connectivity index (χ4n) is 2.38. The summed E-state index contributed by atoms with van der Waals surface area (Å²) in [6.07, 6.45) is 0. The predicted molar refractivity (Wildman–Crippen MR) is 118 cm³/mol. The molecule has 0 spiro atoms. The molecule has 0 fully saturated rings. The second kappa shape index (κ2) is 10.7. The van der Waals surface area contributed by atoms with Gasteiger partial charge in [0.1, 0.15) is 0 Å². The van der Waals surface area contributed by atoms with E-state index in [9.17, 15) is 9.59 Å².